The Labute approximate surface area is 173 Å². The average Bonchev–Trinajstić information content (AvgIpc) is 3.08. The topological polar surface area (TPSA) is 107 Å². The summed E-state index contributed by atoms with van der Waals surface area (Å²) < 4.78 is 15.5. The molecule has 0 spiro atoms. The van der Waals surface area contributed by atoms with Gasteiger partial charge in [0.05, 0.1) is 19.8 Å². The summed E-state index contributed by atoms with van der Waals surface area (Å²) in [6.45, 7) is 3.39. The third-order valence-corrected chi connectivity index (χ3v) is 4.57. The van der Waals surface area contributed by atoms with Gasteiger partial charge in [-0.3, -0.25) is 14.9 Å². The molecule has 3 aromatic rings. The number of nitrogens with one attached hydrogen (secondary N) is 2. The first kappa shape index (κ1) is 20.9. The number of imide groups is 1. The van der Waals surface area contributed by atoms with Crippen LogP contribution in [0.5, 0.6) is 5.75 Å². The molecule has 0 aliphatic carbocycles. The molecule has 8 nitrogen and oxygen atoms in total. The van der Waals surface area contributed by atoms with Crippen molar-refractivity contribution in [2.75, 3.05) is 19.0 Å². The molecule has 1 aromatic heterocycles. The largest absolute Gasteiger partial charge is 0.497 e. The van der Waals surface area contributed by atoms with Gasteiger partial charge in [0.1, 0.15) is 11.3 Å². The van der Waals surface area contributed by atoms with Crippen molar-refractivity contribution in [2.24, 2.45) is 0 Å². The summed E-state index contributed by atoms with van der Waals surface area (Å²) in [5.41, 5.74) is 4.02. The Morgan fingerprint density at radius 3 is 2.43 bits per heavy atom. The number of benzene rings is 2. The second kappa shape index (κ2) is 9.13. The lowest BCUT2D eigenvalue weighted by Gasteiger charge is -2.08. The lowest BCUT2D eigenvalue weighted by Crippen LogP contribution is -2.37. The van der Waals surface area contributed by atoms with Crippen molar-refractivity contribution < 1.29 is 28.3 Å². The van der Waals surface area contributed by atoms with Crippen LogP contribution in [0.25, 0.3) is 11.0 Å². The minimum absolute atomic E-state index is 0.0408. The van der Waals surface area contributed by atoms with Crippen LogP contribution in [0.1, 0.15) is 16.7 Å². The zero-order chi connectivity index (χ0) is 21.7. The number of carbonyl (C=O) groups is 3. The Kier molecular flexibility index (Phi) is 6.36. The molecule has 0 unspecified atom stereocenters. The van der Waals surface area contributed by atoms with Crippen LogP contribution in [0.2, 0.25) is 0 Å². The predicted molar refractivity (Wildman–Crippen MR) is 111 cm³/mol. The van der Waals surface area contributed by atoms with E-state index in [9.17, 15) is 14.4 Å². The maximum atomic E-state index is 12.1. The normalized spacial score (nSPS) is 10.5. The molecule has 2 N–H and O–H groups in total. The number of amides is 3. The summed E-state index contributed by atoms with van der Waals surface area (Å²) in [6, 6.07) is 9.72. The van der Waals surface area contributed by atoms with Crippen LogP contribution in [0.3, 0.4) is 0 Å². The molecular weight excluding hydrogens is 388 g/mol. The highest BCUT2D eigenvalue weighted by Crippen LogP contribution is 2.25. The summed E-state index contributed by atoms with van der Waals surface area (Å²) >= 11 is 0. The van der Waals surface area contributed by atoms with Crippen LogP contribution in [0, 0.1) is 13.8 Å². The Balaban J connectivity index is 1.47. The number of urea groups is 1. The number of hydrogen-bond acceptors (Lipinski definition) is 6. The molecule has 156 valence electrons. The van der Waals surface area contributed by atoms with Crippen LogP contribution in [0.15, 0.2) is 47.1 Å². The molecule has 0 aliphatic heterocycles. The van der Waals surface area contributed by atoms with E-state index in [4.69, 9.17) is 13.9 Å². The Morgan fingerprint density at radius 1 is 1.03 bits per heavy atom. The maximum Gasteiger partial charge on any atom is 0.325 e. The standard InChI is InChI=1S/C22H22N2O6/c1-13-8-18-15(11-29-19(18)9-14(13)2)10-21(26)30-12-20(25)24-22(27)23-16-4-6-17(28-3)7-5-16/h4-9,11H,10,12H2,1-3H3,(H2,23,24,25,27). The summed E-state index contributed by atoms with van der Waals surface area (Å²) in [4.78, 5) is 35.8. The number of rotatable bonds is 6. The Morgan fingerprint density at radius 2 is 1.73 bits per heavy atom. The Bertz CT molecular complexity index is 1080. The van der Waals surface area contributed by atoms with Gasteiger partial charge < -0.3 is 19.2 Å². The van der Waals surface area contributed by atoms with E-state index in [1.165, 1.54) is 13.4 Å². The number of carbonyl (C=O) groups excluding carboxylic acids is 3. The minimum Gasteiger partial charge on any atom is -0.497 e. The maximum absolute atomic E-state index is 12.1. The van der Waals surface area contributed by atoms with Gasteiger partial charge in [0, 0.05) is 16.6 Å². The van der Waals surface area contributed by atoms with Gasteiger partial charge in [-0.1, -0.05) is 0 Å². The SMILES string of the molecule is COc1ccc(NC(=O)NC(=O)COC(=O)Cc2coc3cc(C)c(C)cc23)cc1. The fourth-order valence-electron chi connectivity index (χ4n) is 2.83. The molecule has 0 aliphatic rings. The highest BCUT2D eigenvalue weighted by Gasteiger charge is 2.15. The van der Waals surface area contributed by atoms with Crippen molar-refractivity contribution >= 4 is 34.6 Å². The number of furan rings is 1. The first-order valence-corrected chi connectivity index (χ1v) is 9.23. The molecule has 0 radical (unpaired) electrons. The third kappa shape index (κ3) is 5.16. The zero-order valence-corrected chi connectivity index (χ0v) is 16.9. The number of fused-ring (bicyclic) bond motifs is 1. The summed E-state index contributed by atoms with van der Waals surface area (Å²) in [6.07, 6.45) is 1.47. The molecule has 0 bridgehead atoms. The molecule has 0 saturated heterocycles. The highest BCUT2D eigenvalue weighted by molar-refractivity contribution is 6.02. The van der Waals surface area contributed by atoms with E-state index < -0.39 is 24.5 Å². The molecule has 1 heterocycles. The highest BCUT2D eigenvalue weighted by atomic mass is 16.5. The number of anilines is 1. The number of hydrogen-bond donors (Lipinski definition) is 2. The molecule has 2 aromatic carbocycles. The molecule has 0 saturated carbocycles. The molecule has 8 heteroatoms. The number of aryl methyl sites for hydroxylation is 2. The lowest BCUT2D eigenvalue weighted by atomic mass is 10.0. The fraction of sp³-hybridized carbons (Fsp3) is 0.227. The van der Waals surface area contributed by atoms with Crippen molar-refractivity contribution in [2.45, 2.75) is 20.3 Å². The van der Waals surface area contributed by atoms with Crippen LogP contribution < -0.4 is 15.4 Å². The summed E-state index contributed by atoms with van der Waals surface area (Å²) in [5, 5.41) is 5.43. The van der Waals surface area contributed by atoms with Gasteiger partial charge >= 0.3 is 12.0 Å². The van der Waals surface area contributed by atoms with Gasteiger partial charge in [-0.05, 0) is 61.4 Å². The smallest absolute Gasteiger partial charge is 0.325 e. The molecule has 3 amide bonds. The van der Waals surface area contributed by atoms with E-state index in [-0.39, 0.29) is 6.42 Å². The molecule has 0 fully saturated rings. The number of esters is 1. The van der Waals surface area contributed by atoms with Crippen molar-refractivity contribution in [3.63, 3.8) is 0 Å². The van der Waals surface area contributed by atoms with Crippen molar-refractivity contribution in [3.05, 3.63) is 59.4 Å². The average molecular weight is 410 g/mol. The molecule has 0 atom stereocenters. The van der Waals surface area contributed by atoms with E-state index in [0.717, 1.165) is 16.5 Å². The van der Waals surface area contributed by atoms with E-state index in [0.29, 0.717) is 22.6 Å². The van der Waals surface area contributed by atoms with Crippen molar-refractivity contribution in [1.29, 1.82) is 0 Å². The van der Waals surface area contributed by atoms with Crippen LogP contribution in [-0.4, -0.2) is 31.6 Å². The van der Waals surface area contributed by atoms with E-state index in [2.05, 4.69) is 10.6 Å². The first-order valence-electron chi connectivity index (χ1n) is 9.23. The van der Waals surface area contributed by atoms with E-state index in [1.54, 1.807) is 24.3 Å². The third-order valence-electron chi connectivity index (χ3n) is 4.57. The summed E-state index contributed by atoms with van der Waals surface area (Å²) in [7, 11) is 1.53. The van der Waals surface area contributed by atoms with Gasteiger partial charge in [-0.25, -0.2) is 4.79 Å². The number of methoxy groups -OCH3 is 1. The van der Waals surface area contributed by atoms with Gasteiger partial charge in [-0.15, -0.1) is 0 Å². The summed E-state index contributed by atoms with van der Waals surface area (Å²) in [5.74, 6) is -0.695. The van der Waals surface area contributed by atoms with E-state index >= 15 is 0 Å². The van der Waals surface area contributed by atoms with Crippen molar-refractivity contribution in [1.82, 2.24) is 5.32 Å². The second-order valence-electron chi connectivity index (χ2n) is 6.76. The fourth-order valence-corrected chi connectivity index (χ4v) is 2.83. The van der Waals surface area contributed by atoms with Gasteiger partial charge in [0.2, 0.25) is 0 Å². The molecular formula is C22H22N2O6. The lowest BCUT2D eigenvalue weighted by molar-refractivity contribution is -0.147. The van der Waals surface area contributed by atoms with Crippen LogP contribution >= 0.6 is 0 Å². The minimum atomic E-state index is -0.738. The number of ether oxygens (including phenoxy) is 2. The van der Waals surface area contributed by atoms with Gasteiger partial charge in [0.25, 0.3) is 5.91 Å². The van der Waals surface area contributed by atoms with Crippen molar-refractivity contribution in [3.8, 4) is 5.75 Å². The second-order valence-corrected chi connectivity index (χ2v) is 6.76. The quantitative estimate of drug-likeness (QED) is 0.603. The molecule has 30 heavy (non-hydrogen) atoms. The van der Waals surface area contributed by atoms with Gasteiger partial charge in [-0.2, -0.15) is 0 Å². The van der Waals surface area contributed by atoms with Crippen LogP contribution in [0.4, 0.5) is 10.5 Å². The predicted octanol–water partition coefficient (Wildman–Crippen LogP) is 3.49. The van der Waals surface area contributed by atoms with Gasteiger partial charge in [0.15, 0.2) is 6.61 Å². The zero-order valence-electron chi connectivity index (χ0n) is 16.9. The monoisotopic (exact) mass is 410 g/mol. The first-order chi connectivity index (χ1) is 14.4. The van der Waals surface area contributed by atoms with Crippen LogP contribution in [-0.2, 0) is 20.7 Å². The van der Waals surface area contributed by atoms with E-state index in [1.807, 2.05) is 26.0 Å². The molecule has 3 rings (SSSR count). The Hall–Kier alpha value is -3.81.